The molecule has 0 amide bonds. The Kier molecular flexibility index (Phi) is 3.78. The summed E-state index contributed by atoms with van der Waals surface area (Å²) in [5.74, 6) is -0.240. The van der Waals surface area contributed by atoms with Crippen LogP contribution in [-0.2, 0) is 12.8 Å². The molecule has 0 spiro atoms. The molecule has 0 atom stereocenters. The van der Waals surface area contributed by atoms with Crippen LogP contribution in [0.3, 0.4) is 0 Å². The zero-order chi connectivity index (χ0) is 15.6. The molecule has 0 radical (unpaired) electrons. The minimum absolute atomic E-state index is 0.000947. The number of nitro benzene ring substituents is 1. The van der Waals surface area contributed by atoms with Gasteiger partial charge < -0.3 is 9.26 Å². The third kappa shape index (κ3) is 3.46. The molecular formula is C11H8F3N3O4. The number of aromatic nitrogens is 2. The lowest BCUT2D eigenvalue weighted by atomic mass is 10.1. The fourth-order valence-corrected chi connectivity index (χ4v) is 1.52. The van der Waals surface area contributed by atoms with Gasteiger partial charge in [-0.25, -0.2) is 0 Å². The second kappa shape index (κ2) is 5.38. The lowest BCUT2D eigenvalue weighted by Crippen LogP contribution is -2.09. The van der Waals surface area contributed by atoms with Crippen LogP contribution >= 0.6 is 0 Å². The molecule has 0 N–H and O–H groups in total. The van der Waals surface area contributed by atoms with Crippen LogP contribution in [0, 0.1) is 17.0 Å². The zero-order valence-corrected chi connectivity index (χ0v) is 10.5. The number of non-ortho nitro benzene ring substituents is 1. The molecule has 7 nitrogen and oxygen atoms in total. The van der Waals surface area contributed by atoms with Crippen LogP contribution in [0.25, 0.3) is 0 Å². The van der Waals surface area contributed by atoms with Crippen LogP contribution in [0.2, 0.25) is 0 Å². The number of nitrogens with zero attached hydrogens (tertiary/aromatic N) is 3. The van der Waals surface area contributed by atoms with Crippen molar-refractivity contribution in [3.8, 4) is 5.75 Å². The smallest absolute Gasteiger partial charge is 0.420 e. The van der Waals surface area contributed by atoms with E-state index in [1.165, 1.54) is 0 Å². The number of hydrogen-bond acceptors (Lipinski definition) is 6. The summed E-state index contributed by atoms with van der Waals surface area (Å²) in [4.78, 5) is 13.4. The molecular weight excluding hydrogens is 295 g/mol. The van der Waals surface area contributed by atoms with Gasteiger partial charge in [0.25, 0.3) is 11.6 Å². The van der Waals surface area contributed by atoms with Gasteiger partial charge in [0, 0.05) is 12.1 Å². The van der Waals surface area contributed by atoms with E-state index < -0.39 is 28.1 Å². The average Bonchev–Trinajstić information content (AvgIpc) is 2.81. The SMILES string of the molecule is Cc1noc(COc2ccc([N+](=O)[O-])cc2C(F)(F)F)n1. The van der Waals surface area contributed by atoms with Gasteiger partial charge in [0.15, 0.2) is 12.4 Å². The van der Waals surface area contributed by atoms with E-state index in [0.717, 1.165) is 12.1 Å². The van der Waals surface area contributed by atoms with Crippen molar-refractivity contribution in [1.82, 2.24) is 10.1 Å². The normalized spacial score (nSPS) is 11.4. The second-order valence-corrected chi connectivity index (χ2v) is 3.96. The number of hydrogen-bond donors (Lipinski definition) is 0. The van der Waals surface area contributed by atoms with E-state index in [4.69, 9.17) is 9.26 Å². The van der Waals surface area contributed by atoms with Crippen LogP contribution < -0.4 is 4.74 Å². The molecule has 1 aromatic carbocycles. The molecule has 1 heterocycles. The van der Waals surface area contributed by atoms with Crippen molar-refractivity contribution in [2.75, 3.05) is 0 Å². The first-order chi connectivity index (χ1) is 9.77. The summed E-state index contributed by atoms with van der Waals surface area (Å²) in [6.45, 7) is 1.17. The molecule has 1 aromatic heterocycles. The molecule has 2 aromatic rings. The molecule has 0 fully saturated rings. The first kappa shape index (κ1) is 14.8. The Bertz CT molecular complexity index is 669. The van der Waals surface area contributed by atoms with Crippen molar-refractivity contribution in [3.05, 3.63) is 45.6 Å². The fraction of sp³-hybridized carbons (Fsp3) is 0.273. The van der Waals surface area contributed by atoms with Crippen molar-refractivity contribution in [1.29, 1.82) is 0 Å². The first-order valence-electron chi connectivity index (χ1n) is 5.55. The largest absolute Gasteiger partial charge is 0.483 e. The van der Waals surface area contributed by atoms with Crippen molar-refractivity contribution < 1.29 is 27.4 Å². The van der Waals surface area contributed by atoms with Gasteiger partial charge in [-0.1, -0.05) is 5.16 Å². The molecule has 0 saturated heterocycles. The Morgan fingerprint density at radius 2 is 2.14 bits per heavy atom. The van der Waals surface area contributed by atoms with Gasteiger partial charge in [-0.2, -0.15) is 18.2 Å². The number of halogens is 3. The van der Waals surface area contributed by atoms with E-state index in [2.05, 4.69) is 10.1 Å². The molecule has 0 aliphatic carbocycles. The van der Waals surface area contributed by atoms with Gasteiger partial charge >= 0.3 is 6.18 Å². The standard InChI is InChI=1S/C11H8F3N3O4/c1-6-15-10(21-16-6)5-20-9-3-2-7(17(18)19)4-8(9)11(12,13)14/h2-4H,5H2,1H3. The predicted octanol–water partition coefficient (Wildman–Crippen LogP) is 2.88. The molecule has 112 valence electrons. The van der Waals surface area contributed by atoms with Crippen LogP contribution in [0.4, 0.5) is 18.9 Å². The molecule has 0 unspecified atom stereocenters. The van der Waals surface area contributed by atoms with Crippen molar-refractivity contribution in [2.45, 2.75) is 19.7 Å². The number of alkyl halides is 3. The maximum atomic E-state index is 12.9. The van der Waals surface area contributed by atoms with E-state index in [1.807, 2.05) is 0 Å². The monoisotopic (exact) mass is 303 g/mol. The lowest BCUT2D eigenvalue weighted by Gasteiger charge is -2.12. The minimum atomic E-state index is -4.79. The Morgan fingerprint density at radius 1 is 1.43 bits per heavy atom. The Morgan fingerprint density at radius 3 is 2.67 bits per heavy atom. The zero-order valence-electron chi connectivity index (χ0n) is 10.5. The van der Waals surface area contributed by atoms with Crippen molar-refractivity contribution >= 4 is 5.69 Å². The Labute approximate surface area is 115 Å². The summed E-state index contributed by atoms with van der Waals surface area (Å²) >= 11 is 0. The van der Waals surface area contributed by atoms with Gasteiger partial charge in [-0.3, -0.25) is 10.1 Å². The number of nitro groups is 1. The molecule has 10 heteroatoms. The molecule has 0 saturated carbocycles. The molecule has 0 aliphatic rings. The van der Waals surface area contributed by atoms with Gasteiger partial charge in [-0.05, 0) is 13.0 Å². The highest BCUT2D eigenvalue weighted by Crippen LogP contribution is 2.38. The van der Waals surface area contributed by atoms with Crippen molar-refractivity contribution in [2.24, 2.45) is 0 Å². The number of aryl methyl sites for hydroxylation is 1. The van der Waals surface area contributed by atoms with Gasteiger partial charge in [-0.15, -0.1) is 0 Å². The predicted molar refractivity (Wildman–Crippen MR) is 61.5 cm³/mol. The highest BCUT2D eigenvalue weighted by atomic mass is 19.4. The van der Waals surface area contributed by atoms with Crippen LogP contribution in [0.15, 0.2) is 22.7 Å². The maximum absolute atomic E-state index is 12.9. The van der Waals surface area contributed by atoms with Crippen LogP contribution in [0.5, 0.6) is 5.75 Å². The quantitative estimate of drug-likeness (QED) is 0.637. The third-order valence-corrected chi connectivity index (χ3v) is 2.40. The summed E-state index contributed by atoms with van der Waals surface area (Å²) in [5, 5.41) is 14.0. The topological polar surface area (TPSA) is 91.3 Å². The van der Waals surface area contributed by atoms with Crippen molar-refractivity contribution in [3.63, 3.8) is 0 Å². The number of benzene rings is 1. The van der Waals surface area contributed by atoms with E-state index >= 15 is 0 Å². The highest BCUT2D eigenvalue weighted by molar-refractivity contribution is 5.45. The summed E-state index contributed by atoms with van der Waals surface area (Å²) in [6, 6.07) is 2.21. The summed E-state index contributed by atoms with van der Waals surface area (Å²) in [7, 11) is 0. The summed E-state index contributed by atoms with van der Waals surface area (Å²) in [5.41, 5.74) is -1.92. The van der Waals surface area contributed by atoms with E-state index in [-0.39, 0.29) is 12.5 Å². The number of rotatable bonds is 4. The Hall–Kier alpha value is -2.65. The average molecular weight is 303 g/mol. The Balaban J connectivity index is 2.27. The van der Waals surface area contributed by atoms with E-state index in [0.29, 0.717) is 11.9 Å². The fourth-order valence-electron chi connectivity index (χ4n) is 1.52. The van der Waals surface area contributed by atoms with Gasteiger partial charge in [0.2, 0.25) is 0 Å². The van der Waals surface area contributed by atoms with E-state index in [9.17, 15) is 23.3 Å². The molecule has 2 rings (SSSR count). The van der Waals surface area contributed by atoms with E-state index in [1.54, 1.807) is 6.92 Å². The summed E-state index contributed by atoms with van der Waals surface area (Å²) < 4.78 is 48.3. The second-order valence-electron chi connectivity index (χ2n) is 3.96. The lowest BCUT2D eigenvalue weighted by molar-refractivity contribution is -0.385. The molecule has 0 bridgehead atoms. The molecule has 21 heavy (non-hydrogen) atoms. The van der Waals surface area contributed by atoms with Crippen LogP contribution in [-0.4, -0.2) is 15.1 Å². The molecule has 0 aliphatic heterocycles. The van der Waals surface area contributed by atoms with Gasteiger partial charge in [0.1, 0.15) is 11.3 Å². The van der Waals surface area contributed by atoms with Gasteiger partial charge in [0.05, 0.1) is 4.92 Å². The highest BCUT2D eigenvalue weighted by Gasteiger charge is 2.36. The first-order valence-corrected chi connectivity index (χ1v) is 5.55. The third-order valence-electron chi connectivity index (χ3n) is 2.40. The summed E-state index contributed by atoms with van der Waals surface area (Å²) in [6.07, 6.45) is -4.79. The maximum Gasteiger partial charge on any atom is 0.420 e. The minimum Gasteiger partial charge on any atom is -0.483 e. The number of ether oxygens (including phenoxy) is 1. The van der Waals surface area contributed by atoms with Crippen LogP contribution in [0.1, 0.15) is 17.3 Å².